The topological polar surface area (TPSA) is 27.7 Å². The molecule has 266 valence electrons. The number of rotatable bonds is 3. The highest BCUT2D eigenvalue weighted by Gasteiger charge is 2.51. The summed E-state index contributed by atoms with van der Waals surface area (Å²) in [4.78, 5) is 2.52. The molecule has 8 aromatic carbocycles. The molecule has 0 fully saturated rings. The molecule has 2 aliphatic rings. The molecule has 13 rings (SSSR count). The molecule has 0 bridgehead atoms. The smallest absolute Gasteiger partial charge is 0.141 e. The second kappa shape index (κ2) is 11.5. The fraction of sp³-hybridized carbons (Fsp3) is 0.0192. The van der Waals surface area contributed by atoms with E-state index in [1.54, 1.807) is 0 Å². The van der Waals surface area contributed by atoms with E-state index in [1.165, 1.54) is 92.5 Å². The van der Waals surface area contributed by atoms with E-state index in [0.717, 1.165) is 11.4 Å². The first-order valence-electron chi connectivity index (χ1n) is 19.5. The lowest BCUT2D eigenvalue weighted by Gasteiger charge is -2.39. The van der Waals surface area contributed by atoms with E-state index in [4.69, 9.17) is 5.10 Å². The van der Waals surface area contributed by atoms with Gasteiger partial charge in [-0.05, 0) is 95.6 Å². The van der Waals surface area contributed by atoms with Crippen molar-refractivity contribution >= 4 is 55.4 Å². The van der Waals surface area contributed by atoms with Crippen LogP contribution in [0.5, 0.6) is 0 Å². The van der Waals surface area contributed by atoms with Crippen LogP contribution >= 0.6 is 11.8 Å². The van der Waals surface area contributed by atoms with Crippen LogP contribution in [0.25, 0.3) is 77.4 Å². The van der Waals surface area contributed by atoms with Gasteiger partial charge in [0.25, 0.3) is 0 Å². The first kappa shape index (κ1) is 31.2. The van der Waals surface area contributed by atoms with Crippen LogP contribution in [0, 0.1) is 0 Å². The number of hydrogen-bond donors (Lipinski definition) is 0. The van der Waals surface area contributed by atoms with Crippen LogP contribution < -0.4 is 0 Å². The molecule has 0 N–H and O–H groups in total. The Morgan fingerprint density at radius 1 is 0.404 bits per heavy atom. The Bertz CT molecular complexity index is 3460. The van der Waals surface area contributed by atoms with Gasteiger partial charge >= 0.3 is 0 Å². The Hall–Kier alpha value is -7.08. The van der Waals surface area contributed by atoms with Crippen molar-refractivity contribution in [3.63, 3.8) is 0 Å². The summed E-state index contributed by atoms with van der Waals surface area (Å²) in [7, 11) is 0. The maximum atomic E-state index is 5.07. The van der Waals surface area contributed by atoms with Gasteiger partial charge in [-0.25, -0.2) is 4.68 Å². The molecule has 1 atom stereocenters. The Labute approximate surface area is 332 Å². The van der Waals surface area contributed by atoms with Gasteiger partial charge in [-0.15, -0.1) is 0 Å². The molecule has 2 aliphatic heterocycles. The Kier molecular flexibility index (Phi) is 6.28. The minimum atomic E-state index is -0.586. The van der Waals surface area contributed by atoms with E-state index in [1.807, 2.05) is 18.0 Å². The Balaban J connectivity index is 1.01. The molecule has 1 unspecified atom stereocenters. The molecule has 0 radical (unpaired) electrons. The monoisotopic (exact) mass is 744 g/mol. The highest BCUT2D eigenvalue weighted by molar-refractivity contribution is 7.99. The lowest BCUT2D eigenvalue weighted by atomic mass is 9.77. The Morgan fingerprint density at radius 2 is 0.982 bits per heavy atom. The van der Waals surface area contributed by atoms with Crippen LogP contribution in [-0.2, 0) is 5.54 Å². The van der Waals surface area contributed by atoms with Crippen molar-refractivity contribution in [3.05, 3.63) is 211 Å². The molecule has 0 amide bonds. The van der Waals surface area contributed by atoms with Gasteiger partial charge < -0.3 is 9.13 Å². The SMILES string of the molecule is c1ccc(-n2c3ccccc3c3cc(-c4ccc5c(c4)c4ccccc4n5-c4ccc5c(c4)C4(c6ccccc6S5)c5ccccc5-c5ccnn54)ccc32)cc1. The number of fused-ring (bicyclic) bond motifs is 15. The van der Waals surface area contributed by atoms with Crippen molar-refractivity contribution in [2.75, 3.05) is 0 Å². The molecule has 0 saturated heterocycles. The van der Waals surface area contributed by atoms with E-state index in [9.17, 15) is 0 Å². The van der Waals surface area contributed by atoms with E-state index in [-0.39, 0.29) is 0 Å². The standard InChI is InChI=1S/C52H32N4S/c1-2-12-35(13-3-1)54-45-19-9-5-14-37(45)40-30-33(22-25-47(40)54)34-23-26-48-41(31-34)38-15-6-10-20-46(38)55(48)36-24-27-51-44(32-36)52(43-18-8-11-21-50(43)57-51)42-17-7-4-16-39(42)49-28-29-53-56(49)52/h1-32H. The minimum absolute atomic E-state index is 0.586. The largest absolute Gasteiger partial charge is 0.309 e. The first-order valence-corrected chi connectivity index (χ1v) is 20.3. The summed E-state index contributed by atoms with van der Waals surface area (Å²) in [6.07, 6.45) is 1.95. The van der Waals surface area contributed by atoms with Crippen LogP contribution in [0.4, 0.5) is 0 Å². The molecular weight excluding hydrogens is 713 g/mol. The van der Waals surface area contributed by atoms with Gasteiger partial charge in [0.1, 0.15) is 5.54 Å². The molecule has 1 spiro atoms. The van der Waals surface area contributed by atoms with E-state index in [2.05, 4.69) is 202 Å². The van der Waals surface area contributed by atoms with E-state index < -0.39 is 5.54 Å². The van der Waals surface area contributed by atoms with Crippen molar-refractivity contribution in [3.8, 4) is 33.8 Å². The first-order chi connectivity index (χ1) is 28.3. The number of hydrogen-bond acceptors (Lipinski definition) is 2. The summed E-state index contributed by atoms with van der Waals surface area (Å²) in [6, 6.07) is 69.1. The molecular formula is C52H32N4S. The van der Waals surface area contributed by atoms with Gasteiger partial charge in [0.05, 0.1) is 27.8 Å². The van der Waals surface area contributed by atoms with Crippen molar-refractivity contribution in [2.45, 2.75) is 15.3 Å². The van der Waals surface area contributed by atoms with Crippen LogP contribution in [0.2, 0.25) is 0 Å². The molecule has 4 nitrogen and oxygen atoms in total. The molecule has 0 aliphatic carbocycles. The van der Waals surface area contributed by atoms with E-state index >= 15 is 0 Å². The van der Waals surface area contributed by atoms with Gasteiger partial charge in [-0.3, -0.25) is 0 Å². The van der Waals surface area contributed by atoms with Crippen molar-refractivity contribution in [1.29, 1.82) is 0 Å². The molecule has 5 heterocycles. The maximum absolute atomic E-state index is 5.07. The van der Waals surface area contributed by atoms with E-state index in [0.29, 0.717) is 0 Å². The molecule has 5 heteroatoms. The fourth-order valence-electron chi connectivity index (χ4n) is 10.0. The second-order valence-corrected chi connectivity index (χ2v) is 16.3. The van der Waals surface area contributed by atoms with Crippen LogP contribution in [0.1, 0.15) is 16.7 Å². The Morgan fingerprint density at radius 3 is 1.72 bits per heavy atom. The minimum Gasteiger partial charge on any atom is -0.309 e. The quantitative estimate of drug-likeness (QED) is 0.180. The van der Waals surface area contributed by atoms with Gasteiger partial charge in [-0.2, -0.15) is 5.10 Å². The van der Waals surface area contributed by atoms with Gasteiger partial charge in [0, 0.05) is 65.6 Å². The van der Waals surface area contributed by atoms with Gasteiger partial charge in [0.15, 0.2) is 0 Å². The molecule has 0 saturated carbocycles. The van der Waals surface area contributed by atoms with Crippen LogP contribution in [-0.4, -0.2) is 18.9 Å². The highest BCUT2D eigenvalue weighted by atomic mass is 32.2. The zero-order valence-corrected chi connectivity index (χ0v) is 31.5. The summed E-state index contributed by atoms with van der Waals surface area (Å²) in [5.74, 6) is 0. The normalized spacial score (nSPS) is 15.4. The average Bonchev–Trinajstić information content (AvgIpc) is 4.03. The van der Waals surface area contributed by atoms with Gasteiger partial charge in [-0.1, -0.05) is 121 Å². The van der Waals surface area contributed by atoms with Crippen molar-refractivity contribution < 1.29 is 0 Å². The fourth-order valence-corrected chi connectivity index (χ4v) is 11.2. The maximum Gasteiger partial charge on any atom is 0.141 e. The summed E-state index contributed by atoms with van der Waals surface area (Å²) in [6.45, 7) is 0. The van der Waals surface area contributed by atoms with Crippen LogP contribution in [0.3, 0.4) is 0 Å². The number of nitrogens with zero attached hydrogens (tertiary/aromatic N) is 4. The third-order valence-corrected chi connectivity index (χ3v) is 13.5. The van der Waals surface area contributed by atoms with Crippen LogP contribution in [0.15, 0.2) is 204 Å². The van der Waals surface area contributed by atoms with Crippen molar-refractivity contribution in [1.82, 2.24) is 18.9 Å². The zero-order valence-electron chi connectivity index (χ0n) is 30.7. The number of aromatic nitrogens is 4. The molecule has 57 heavy (non-hydrogen) atoms. The predicted octanol–water partition coefficient (Wildman–Crippen LogP) is 13.0. The van der Waals surface area contributed by atoms with Crippen molar-refractivity contribution in [2.24, 2.45) is 0 Å². The average molecular weight is 745 g/mol. The highest BCUT2D eigenvalue weighted by Crippen LogP contribution is 2.58. The zero-order chi connectivity index (χ0) is 37.2. The number of benzene rings is 8. The number of para-hydroxylation sites is 3. The summed E-state index contributed by atoms with van der Waals surface area (Å²) < 4.78 is 7.10. The van der Waals surface area contributed by atoms with Gasteiger partial charge in [0.2, 0.25) is 0 Å². The third-order valence-electron chi connectivity index (χ3n) is 12.4. The molecule has 11 aromatic rings. The molecule has 3 aromatic heterocycles. The third kappa shape index (κ3) is 4.11. The lowest BCUT2D eigenvalue weighted by Crippen LogP contribution is -2.38. The predicted molar refractivity (Wildman–Crippen MR) is 234 cm³/mol. The summed E-state index contributed by atoms with van der Waals surface area (Å²) >= 11 is 1.86. The second-order valence-electron chi connectivity index (χ2n) is 15.2. The summed E-state index contributed by atoms with van der Waals surface area (Å²) in [5, 5.41) is 10.1. The summed E-state index contributed by atoms with van der Waals surface area (Å²) in [5.41, 5.74) is 15.1. The lowest BCUT2D eigenvalue weighted by molar-refractivity contribution is 0.467.